The third-order valence-electron chi connectivity index (χ3n) is 5.39. The zero-order valence-electron chi connectivity index (χ0n) is 18.4. The highest BCUT2D eigenvalue weighted by atomic mass is 32.2. The number of nitrogens with zero attached hydrogens (tertiary/aromatic N) is 3. The van der Waals surface area contributed by atoms with E-state index in [2.05, 4.69) is 31.0 Å². The van der Waals surface area contributed by atoms with Gasteiger partial charge in [-0.1, -0.05) is 26.8 Å². The summed E-state index contributed by atoms with van der Waals surface area (Å²) in [6.07, 6.45) is 1.47. The molecule has 2 aromatic rings. The molecule has 30 heavy (non-hydrogen) atoms. The first-order valence-electron chi connectivity index (χ1n) is 10.2. The Morgan fingerprint density at radius 2 is 1.80 bits per heavy atom. The topological polar surface area (TPSA) is 81.6 Å². The number of rotatable bonds is 6. The van der Waals surface area contributed by atoms with Crippen molar-refractivity contribution in [2.45, 2.75) is 50.8 Å². The fraction of sp³-hybridized carbons (Fsp3) is 0.545. The predicted octanol–water partition coefficient (Wildman–Crippen LogP) is 3.57. The molecule has 0 saturated carbocycles. The third kappa shape index (κ3) is 5.10. The van der Waals surface area contributed by atoms with E-state index in [9.17, 15) is 8.42 Å². The maximum Gasteiger partial charge on any atom is 0.246 e. The number of benzene rings is 1. The van der Waals surface area contributed by atoms with Crippen LogP contribution in [0.4, 0.5) is 0 Å². The Hall–Kier alpha value is -2.19. The molecule has 8 heteroatoms. The van der Waals surface area contributed by atoms with Gasteiger partial charge in [0.25, 0.3) is 0 Å². The maximum absolute atomic E-state index is 13.1. The van der Waals surface area contributed by atoms with Gasteiger partial charge in [0, 0.05) is 24.6 Å². The van der Waals surface area contributed by atoms with Gasteiger partial charge in [-0.15, -0.1) is 5.10 Å². The number of hydrogen-bond acceptors (Lipinski definition) is 6. The molecule has 1 aliphatic heterocycles. The van der Waals surface area contributed by atoms with Gasteiger partial charge >= 0.3 is 0 Å². The van der Waals surface area contributed by atoms with E-state index in [1.54, 1.807) is 16.4 Å². The lowest BCUT2D eigenvalue weighted by Gasteiger charge is -2.31. The van der Waals surface area contributed by atoms with Crippen LogP contribution in [0.5, 0.6) is 11.6 Å². The minimum atomic E-state index is -3.59. The van der Waals surface area contributed by atoms with Crippen molar-refractivity contribution >= 4 is 10.0 Å². The summed E-state index contributed by atoms with van der Waals surface area (Å²) in [7, 11) is -2.10. The lowest BCUT2D eigenvalue weighted by atomic mass is 9.92. The number of ether oxygens (including phenoxy) is 2. The maximum atomic E-state index is 13.1. The monoisotopic (exact) mass is 433 g/mol. The first kappa shape index (κ1) is 22.5. The van der Waals surface area contributed by atoms with Crippen molar-refractivity contribution in [3.05, 3.63) is 41.6 Å². The Kier molecular flexibility index (Phi) is 6.67. The normalized spacial score (nSPS) is 16.4. The Morgan fingerprint density at radius 3 is 2.37 bits per heavy atom. The highest BCUT2D eigenvalue weighted by molar-refractivity contribution is 7.89. The van der Waals surface area contributed by atoms with Crippen LogP contribution in [-0.4, -0.2) is 49.7 Å². The van der Waals surface area contributed by atoms with Crippen LogP contribution in [-0.2, 0) is 15.4 Å². The van der Waals surface area contributed by atoms with Crippen molar-refractivity contribution in [3.63, 3.8) is 0 Å². The molecule has 0 unspecified atom stereocenters. The molecule has 1 fully saturated rings. The van der Waals surface area contributed by atoms with Gasteiger partial charge in [-0.05, 0) is 49.4 Å². The summed E-state index contributed by atoms with van der Waals surface area (Å²) in [6, 6.07) is 9.00. The second-order valence-corrected chi connectivity index (χ2v) is 10.7. The van der Waals surface area contributed by atoms with E-state index in [1.165, 1.54) is 7.11 Å². The van der Waals surface area contributed by atoms with Crippen LogP contribution in [0.1, 0.15) is 44.9 Å². The van der Waals surface area contributed by atoms with Crippen molar-refractivity contribution in [2.24, 2.45) is 5.92 Å². The van der Waals surface area contributed by atoms with Gasteiger partial charge in [-0.3, -0.25) is 0 Å². The molecule has 1 aromatic carbocycles. The average molecular weight is 434 g/mol. The SMILES string of the molecule is COc1ccc(C)cc1S(=O)(=O)N1CCC(COc2ccc(C(C)(C)C)nn2)CC1. The van der Waals surface area contributed by atoms with Crippen LogP contribution < -0.4 is 9.47 Å². The summed E-state index contributed by atoms with van der Waals surface area (Å²) in [4.78, 5) is 0.230. The molecule has 1 aromatic heterocycles. The number of sulfonamides is 1. The van der Waals surface area contributed by atoms with Crippen LogP contribution in [0.3, 0.4) is 0 Å². The fourth-order valence-electron chi connectivity index (χ4n) is 3.44. The van der Waals surface area contributed by atoms with Crippen LogP contribution >= 0.6 is 0 Å². The van der Waals surface area contributed by atoms with E-state index in [4.69, 9.17) is 9.47 Å². The molecule has 0 radical (unpaired) electrons. The van der Waals surface area contributed by atoms with Crippen molar-refractivity contribution in [1.82, 2.24) is 14.5 Å². The summed E-state index contributed by atoms with van der Waals surface area (Å²) in [5, 5.41) is 8.40. The highest BCUT2D eigenvalue weighted by Crippen LogP contribution is 2.30. The quantitative estimate of drug-likeness (QED) is 0.693. The first-order valence-corrected chi connectivity index (χ1v) is 11.7. The zero-order valence-corrected chi connectivity index (χ0v) is 19.2. The molecule has 0 atom stereocenters. The molecule has 2 heterocycles. The zero-order chi connectivity index (χ0) is 21.9. The minimum absolute atomic E-state index is 0.0518. The van der Waals surface area contributed by atoms with Crippen molar-refractivity contribution in [1.29, 1.82) is 0 Å². The molecule has 0 N–H and O–H groups in total. The van der Waals surface area contributed by atoms with Crippen LogP contribution in [0.2, 0.25) is 0 Å². The standard InChI is InChI=1S/C22H31N3O4S/c1-16-6-7-18(28-5)19(14-16)30(26,27)25-12-10-17(11-13-25)15-29-21-9-8-20(23-24-21)22(2,3)4/h6-9,14,17H,10-13,15H2,1-5H3. The predicted molar refractivity (Wildman–Crippen MR) is 115 cm³/mol. The van der Waals surface area contributed by atoms with Crippen LogP contribution in [0.15, 0.2) is 35.2 Å². The Balaban J connectivity index is 1.58. The summed E-state index contributed by atoms with van der Waals surface area (Å²) in [5.74, 6) is 1.16. The molecular formula is C22H31N3O4S. The molecule has 1 aliphatic rings. The molecule has 0 spiro atoms. The van der Waals surface area contributed by atoms with E-state index in [1.807, 2.05) is 25.1 Å². The molecule has 0 amide bonds. The van der Waals surface area contributed by atoms with Gasteiger partial charge in [-0.2, -0.15) is 9.40 Å². The largest absolute Gasteiger partial charge is 0.495 e. The molecule has 164 valence electrons. The molecule has 0 aliphatic carbocycles. The molecule has 0 bridgehead atoms. The molecule has 7 nitrogen and oxygen atoms in total. The van der Waals surface area contributed by atoms with Gasteiger partial charge in [0.2, 0.25) is 15.9 Å². The van der Waals surface area contributed by atoms with Gasteiger partial charge in [-0.25, -0.2) is 8.42 Å². The smallest absolute Gasteiger partial charge is 0.246 e. The average Bonchev–Trinajstić information content (AvgIpc) is 2.72. The number of hydrogen-bond donors (Lipinski definition) is 0. The van der Waals surface area contributed by atoms with E-state index in [-0.39, 0.29) is 16.2 Å². The Bertz CT molecular complexity index is 961. The van der Waals surface area contributed by atoms with E-state index in [0.29, 0.717) is 31.3 Å². The van der Waals surface area contributed by atoms with Gasteiger partial charge in [0.1, 0.15) is 10.6 Å². The third-order valence-corrected chi connectivity index (χ3v) is 7.31. The van der Waals surface area contributed by atoms with Crippen molar-refractivity contribution in [2.75, 3.05) is 26.8 Å². The van der Waals surface area contributed by atoms with Gasteiger partial charge in [0.15, 0.2) is 0 Å². The Morgan fingerprint density at radius 1 is 1.10 bits per heavy atom. The summed E-state index contributed by atoms with van der Waals surface area (Å²) >= 11 is 0. The second kappa shape index (κ2) is 8.89. The number of aromatic nitrogens is 2. The minimum Gasteiger partial charge on any atom is -0.495 e. The van der Waals surface area contributed by atoms with Crippen LogP contribution in [0, 0.1) is 12.8 Å². The number of methoxy groups -OCH3 is 1. The van der Waals surface area contributed by atoms with Crippen molar-refractivity contribution < 1.29 is 17.9 Å². The number of aryl methyl sites for hydroxylation is 1. The van der Waals surface area contributed by atoms with Crippen molar-refractivity contribution in [3.8, 4) is 11.6 Å². The molecule has 3 rings (SSSR count). The lowest BCUT2D eigenvalue weighted by Crippen LogP contribution is -2.39. The fourth-order valence-corrected chi connectivity index (χ4v) is 5.15. The van der Waals surface area contributed by atoms with Gasteiger partial charge < -0.3 is 9.47 Å². The van der Waals surface area contributed by atoms with Crippen LogP contribution in [0.25, 0.3) is 0 Å². The highest BCUT2D eigenvalue weighted by Gasteiger charge is 2.32. The van der Waals surface area contributed by atoms with E-state index >= 15 is 0 Å². The molecular weight excluding hydrogens is 402 g/mol. The van der Waals surface area contributed by atoms with E-state index < -0.39 is 10.0 Å². The number of piperidine rings is 1. The summed E-state index contributed by atoms with van der Waals surface area (Å²) in [6.45, 7) is 9.57. The van der Waals surface area contributed by atoms with Gasteiger partial charge in [0.05, 0.1) is 19.4 Å². The lowest BCUT2D eigenvalue weighted by molar-refractivity contribution is 0.179. The van der Waals surface area contributed by atoms with E-state index in [0.717, 1.165) is 24.1 Å². The molecule has 1 saturated heterocycles. The Labute approximate surface area is 179 Å². The summed E-state index contributed by atoms with van der Waals surface area (Å²) < 4.78 is 38.9. The first-order chi connectivity index (χ1) is 14.1. The summed E-state index contributed by atoms with van der Waals surface area (Å²) in [5.41, 5.74) is 1.75. The second-order valence-electron chi connectivity index (χ2n) is 8.82.